The summed E-state index contributed by atoms with van der Waals surface area (Å²) in [5, 5.41) is 0.535. The van der Waals surface area contributed by atoms with Crippen LogP contribution < -0.4 is 5.73 Å². The van der Waals surface area contributed by atoms with Gasteiger partial charge in [-0.3, -0.25) is 4.79 Å². The van der Waals surface area contributed by atoms with Gasteiger partial charge < -0.3 is 10.6 Å². The summed E-state index contributed by atoms with van der Waals surface area (Å²) >= 11 is 1.41. The van der Waals surface area contributed by atoms with E-state index < -0.39 is 0 Å². The van der Waals surface area contributed by atoms with Gasteiger partial charge in [-0.15, -0.1) is 0 Å². The summed E-state index contributed by atoms with van der Waals surface area (Å²) in [5.74, 6) is 0.520. The summed E-state index contributed by atoms with van der Waals surface area (Å²) < 4.78 is 0.960. The average Bonchev–Trinajstić information content (AvgIpc) is 2.73. The number of thiazole rings is 1. The van der Waals surface area contributed by atoms with Crippen LogP contribution in [0.2, 0.25) is 0 Å². The number of carbonyl (C=O) groups is 1. The van der Waals surface area contributed by atoms with Gasteiger partial charge in [-0.2, -0.15) is 0 Å². The van der Waals surface area contributed by atoms with Gasteiger partial charge in [0, 0.05) is 18.2 Å². The summed E-state index contributed by atoms with van der Waals surface area (Å²) in [7, 11) is 0. The Bertz CT molecular complexity index is 619. The fraction of sp³-hybridized carbons (Fsp3) is 0.467. The average molecular weight is 291 g/mol. The largest absolute Gasteiger partial charge is 0.375 e. The lowest BCUT2D eigenvalue weighted by molar-refractivity contribution is 0.0682. The molecule has 2 aromatic rings. The van der Waals surface area contributed by atoms with Crippen molar-refractivity contribution in [2.24, 2.45) is 5.92 Å². The molecule has 1 aromatic carbocycles. The van der Waals surface area contributed by atoms with Crippen molar-refractivity contribution in [1.82, 2.24) is 9.88 Å². The van der Waals surface area contributed by atoms with Gasteiger partial charge in [0.2, 0.25) is 0 Å². The molecule has 2 N–H and O–H groups in total. The quantitative estimate of drug-likeness (QED) is 0.939. The van der Waals surface area contributed by atoms with Crippen molar-refractivity contribution in [3.8, 4) is 0 Å². The summed E-state index contributed by atoms with van der Waals surface area (Å²) in [6.45, 7) is 9.10. The molecule has 0 saturated heterocycles. The first kappa shape index (κ1) is 14.8. The third-order valence-electron chi connectivity index (χ3n) is 3.10. The third-order valence-corrected chi connectivity index (χ3v) is 3.95. The second kappa shape index (κ2) is 5.79. The molecule has 0 saturated carbocycles. The Kier molecular flexibility index (Phi) is 4.28. The standard InChI is InChI=1S/C15H21N3OS/c1-9(2)8-18(10(3)4)14(19)11-5-6-12-13(7-11)20-15(16)17-12/h5-7,9-10H,8H2,1-4H3,(H2,16,17). The number of hydrogen-bond acceptors (Lipinski definition) is 4. The highest BCUT2D eigenvalue weighted by molar-refractivity contribution is 7.22. The minimum Gasteiger partial charge on any atom is -0.375 e. The van der Waals surface area contributed by atoms with Crippen LogP contribution >= 0.6 is 11.3 Å². The van der Waals surface area contributed by atoms with E-state index in [1.165, 1.54) is 11.3 Å². The number of anilines is 1. The van der Waals surface area contributed by atoms with Crippen LogP contribution in [0.4, 0.5) is 5.13 Å². The predicted molar refractivity (Wildman–Crippen MR) is 85.0 cm³/mol. The Morgan fingerprint density at radius 1 is 1.35 bits per heavy atom. The van der Waals surface area contributed by atoms with Crippen molar-refractivity contribution >= 4 is 32.6 Å². The first-order chi connectivity index (χ1) is 9.38. The first-order valence-electron chi connectivity index (χ1n) is 6.85. The van der Waals surface area contributed by atoms with Gasteiger partial charge in [0.1, 0.15) is 0 Å². The van der Waals surface area contributed by atoms with Crippen LogP contribution in [0.3, 0.4) is 0 Å². The molecule has 20 heavy (non-hydrogen) atoms. The molecule has 1 aromatic heterocycles. The molecule has 0 aliphatic rings. The molecule has 4 nitrogen and oxygen atoms in total. The second-order valence-electron chi connectivity index (χ2n) is 5.68. The number of nitrogens with zero attached hydrogens (tertiary/aromatic N) is 2. The number of nitrogens with two attached hydrogens (primary N) is 1. The van der Waals surface area contributed by atoms with E-state index in [1.807, 2.05) is 36.9 Å². The monoisotopic (exact) mass is 291 g/mol. The van der Waals surface area contributed by atoms with Gasteiger partial charge in [-0.1, -0.05) is 25.2 Å². The highest BCUT2D eigenvalue weighted by Crippen LogP contribution is 2.25. The lowest BCUT2D eigenvalue weighted by atomic mass is 10.1. The zero-order chi connectivity index (χ0) is 14.9. The van der Waals surface area contributed by atoms with Gasteiger partial charge in [-0.25, -0.2) is 4.98 Å². The SMILES string of the molecule is CC(C)CN(C(=O)c1ccc2nc(N)sc2c1)C(C)C. The molecule has 0 unspecified atom stereocenters. The van der Waals surface area contributed by atoms with Gasteiger partial charge in [0.05, 0.1) is 10.2 Å². The van der Waals surface area contributed by atoms with Crippen molar-refractivity contribution in [2.75, 3.05) is 12.3 Å². The van der Waals surface area contributed by atoms with Crippen LogP contribution in [0, 0.1) is 5.92 Å². The number of benzene rings is 1. The van der Waals surface area contributed by atoms with E-state index in [4.69, 9.17) is 5.73 Å². The van der Waals surface area contributed by atoms with Crippen LogP contribution in [0.15, 0.2) is 18.2 Å². The van der Waals surface area contributed by atoms with Gasteiger partial charge in [-0.05, 0) is 38.0 Å². The minimum absolute atomic E-state index is 0.0718. The molecule has 5 heteroatoms. The van der Waals surface area contributed by atoms with Crippen LogP contribution in [0.1, 0.15) is 38.1 Å². The minimum atomic E-state index is 0.0718. The lowest BCUT2D eigenvalue weighted by Gasteiger charge is -2.28. The molecule has 0 aliphatic heterocycles. The predicted octanol–water partition coefficient (Wildman–Crippen LogP) is 3.39. The maximum absolute atomic E-state index is 12.7. The Hall–Kier alpha value is -1.62. The zero-order valence-corrected chi connectivity index (χ0v) is 13.2. The number of aromatic nitrogens is 1. The second-order valence-corrected chi connectivity index (χ2v) is 6.74. The van der Waals surface area contributed by atoms with E-state index in [2.05, 4.69) is 18.8 Å². The summed E-state index contributed by atoms with van der Waals surface area (Å²) in [6.07, 6.45) is 0. The van der Waals surface area contributed by atoms with Crippen LogP contribution in [0.5, 0.6) is 0 Å². The number of amides is 1. The van der Waals surface area contributed by atoms with E-state index in [0.717, 1.165) is 16.8 Å². The molecular formula is C15H21N3OS. The summed E-state index contributed by atoms with van der Waals surface area (Å²) in [6, 6.07) is 5.77. The number of carbonyl (C=O) groups excluding carboxylic acids is 1. The molecule has 0 bridgehead atoms. The van der Waals surface area contributed by atoms with Crippen LogP contribution in [-0.4, -0.2) is 28.4 Å². The van der Waals surface area contributed by atoms with Gasteiger partial charge in [0.25, 0.3) is 5.91 Å². The molecule has 108 valence electrons. The van der Waals surface area contributed by atoms with Crippen LogP contribution in [0.25, 0.3) is 10.2 Å². The molecule has 0 atom stereocenters. The van der Waals surface area contributed by atoms with Crippen molar-refractivity contribution in [1.29, 1.82) is 0 Å². The van der Waals surface area contributed by atoms with E-state index in [1.54, 1.807) is 0 Å². The Morgan fingerprint density at radius 3 is 2.65 bits per heavy atom. The molecule has 0 aliphatic carbocycles. The first-order valence-corrected chi connectivity index (χ1v) is 7.67. The topological polar surface area (TPSA) is 59.2 Å². The molecular weight excluding hydrogens is 270 g/mol. The number of fused-ring (bicyclic) bond motifs is 1. The maximum Gasteiger partial charge on any atom is 0.254 e. The molecule has 2 rings (SSSR count). The number of hydrogen-bond donors (Lipinski definition) is 1. The number of nitrogen functional groups attached to an aromatic ring is 1. The van der Waals surface area contributed by atoms with Crippen molar-refractivity contribution in [3.63, 3.8) is 0 Å². The van der Waals surface area contributed by atoms with Gasteiger partial charge in [0.15, 0.2) is 5.13 Å². The fourth-order valence-corrected chi connectivity index (χ4v) is 2.94. The molecule has 0 spiro atoms. The van der Waals surface area contributed by atoms with E-state index in [9.17, 15) is 4.79 Å². The Morgan fingerprint density at radius 2 is 2.05 bits per heavy atom. The molecule has 0 radical (unpaired) electrons. The Balaban J connectivity index is 2.32. The maximum atomic E-state index is 12.7. The van der Waals surface area contributed by atoms with Crippen molar-refractivity contribution < 1.29 is 4.79 Å². The van der Waals surface area contributed by atoms with E-state index in [-0.39, 0.29) is 11.9 Å². The highest BCUT2D eigenvalue weighted by atomic mass is 32.1. The highest BCUT2D eigenvalue weighted by Gasteiger charge is 2.20. The Labute approximate surface area is 123 Å². The smallest absolute Gasteiger partial charge is 0.254 e. The summed E-state index contributed by atoms with van der Waals surface area (Å²) in [4.78, 5) is 18.8. The normalized spacial score (nSPS) is 11.5. The fourth-order valence-electron chi connectivity index (χ4n) is 2.16. The van der Waals surface area contributed by atoms with E-state index >= 15 is 0 Å². The summed E-state index contributed by atoms with van der Waals surface area (Å²) in [5.41, 5.74) is 7.26. The van der Waals surface area contributed by atoms with Gasteiger partial charge >= 0.3 is 0 Å². The number of rotatable bonds is 4. The zero-order valence-electron chi connectivity index (χ0n) is 12.4. The van der Waals surface area contributed by atoms with Crippen molar-refractivity contribution in [3.05, 3.63) is 23.8 Å². The third kappa shape index (κ3) is 3.10. The molecule has 1 amide bonds. The molecule has 0 fully saturated rings. The lowest BCUT2D eigenvalue weighted by Crippen LogP contribution is -2.39. The molecule has 1 heterocycles. The van der Waals surface area contributed by atoms with Crippen molar-refractivity contribution in [2.45, 2.75) is 33.7 Å². The van der Waals surface area contributed by atoms with E-state index in [0.29, 0.717) is 16.6 Å². The van der Waals surface area contributed by atoms with Crippen LogP contribution in [-0.2, 0) is 0 Å².